The molecule has 3 nitrogen and oxygen atoms in total. The molecule has 0 aromatic heterocycles. The number of alkyl halides is 2. The molecule has 0 N–H and O–H groups in total. The third-order valence-electron chi connectivity index (χ3n) is 9.28. The molecule has 0 spiro atoms. The first-order chi connectivity index (χ1) is 23.3. The second-order valence-electron chi connectivity index (χ2n) is 13.8. The second-order valence-corrected chi connectivity index (χ2v) is 15.4. The van der Waals surface area contributed by atoms with Crippen molar-refractivity contribution in [3.63, 3.8) is 0 Å². The van der Waals surface area contributed by atoms with Crippen LogP contribution in [-0.2, 0) is 14.2 Å². The van der Waals surface area contributed by atoms with Gasteiger partial charge in [0.2, 0.25) is 0 Å². The number of hydrogen-bond acceptors (Lipinski definition) is 3. The molecule has 2 atom stereocenters. The molecule has 280 valence electrons. The predicted octanol–water partition coefficient (Wildman–Crippen LogP) is 15.0. The molecule has 2 unspecified atom stereocenters. The van der Waals surface area contributed by atoms with Crippen molar-refractivity contribution in [3.05, 3.63) is 24.3 Å². The van der Waals surface area contributed by atoms with E-state index >= 15 is 0 Å². The van der Waals surface area contributed by atoms with Crippen molar-refractivity contribution in [2.45, 2.75) is 194 Å². The number of ether oxygens (including phenoxy) is 3. The zero-order valence-corrected chi connectivity index (χ0v) is 34.7. The number of allylic oxidation sites excluding steroid dienone is 4. The first kappa shape index (κ1) is 47.3. The van der Waals surface area contributed by atoms with Gasteiger partial charge in [0.25, 0.3) is 0 Å². The molecule has 0 saturated heterocycles. The average Bonchev–Trinajstić information content (AvgIpc) is 3.08. The van der Waals surface area contributed by atoms with E-state index in [9.17, 15) is 0 Å². The highest BCUT2D eigenvalue weighted by Crippen LogP contribution is 2.20. The molecule has 47 heavy (non-hydrogen) atoms. The molecule has 5 heteroatoms. The van der Waals surface area contributed by atoms with E-state index in [-0.39, 0.29) is 0 Å². The van der Waals surface area contributed by atoms with Gasteiger partial charge in [-0.2, -0.15) is 0 Å². The van der Waals surface area contributed by atoms with Gasteiger partial charge in [-0.05, 0) is 76.0 Å². The summed E-state index contributed by atoms with van der Waals surface area (Å²) >= 11 is 7.11. The van der Waals surface area contributed by atoms with Crippen LogP contribution in [0.4, 0.5) is 0 Å². The highest BCUT2D eigenvalue weighted by Gasteiger charge is 2.07. The Morgan fingerprint density at radius 1 is 0.404 bits per heavy atom. The van der Waals surface area contributed by atoms with E-state index in [0.29, 0.717) is 25.4 Å². The van der Waals surface area contributed by atoms with E-state index in [1.807, 2.05) is 0 Å². The lowest BCUT2D eigenvalue weighted by atomic mass is 9.96. The summed E-state index contributed by atoms with van der Waals surface area (Å²) in [7, 11) is 0. The van der Waals surface area contributed by atoms with Crippen molar-refractivity contribution in [3.8, 4) is 0 Å². The van der Waals surface area contributed by atoms with Crippen molar-refractivity contribution in [1.82, 2.24) is 0 Å². The summed E-state index contributed by atoms with van der Waals surface area (Å²) in [6, 6.07) is 0. The monoisotopic (exact) mass is 790 g/mol. The Bertz CT molecular complexity index is 575. The van der Waals surface area contributed by atoms with Crippen LogP contribution < -0.4 is 0 Å². The Morgan fingerprint density at radius 2 is 0.766 bits per heavy atom. The lowest BCUT2D eigenvalue weighted by molar-refractivity contribution is -0.133. The standard InChI is InChI=1S/C42H80Br2O3/c1-3-5-7-9-11-13-17-23-29-41(31-25-19-15-21-27-35-43)33-37-45-39-47-40-46-38-34-42(32-26-20-16-22-28-36-44)30-24-18-14-12-10-8-6-4-2/h23-24,29-30,41-42H,3-22,25-28,31-40H2,1-2H3. The normalized spacial score (nSPS) is 13.4. The Balaban J connectivity index is 4.25. The highest BCUT2D eigenvalue weighted by molar-refractivity contribution is 9.09. The van der Waals surface area contributed by atoms with Crippen LogP contribution in [0.1, 0.15) is 194 Å². The van der Waals surface area contributed by atoms with E-state index in [1.54, 1.807) is 0 Å². The SMILES string of the molecule is CCCCCCCCC=CC(CCCCCCCBr)CCOCOCOCCC(C=CCCCCCCCC)CCCCCCCBr. The molecule has 0 fully saturated rings. The number of rotatable bonds is 40. The maximum Gasteiger partial charge on any atom is 0.149 e. The molecule has 0 aliphatic rings. The van der Waals surface area contributed by atoms with Crippen molar-refractivity contribution in [1.29, 1.82) is 0 Å². The second kappa shape index (κ2) is 42.5. The van der Waals surface area contributed by atoms with Gasteiger partial charge in [0.05, 0.1) is 0 Å². The van der Waals surface area contributed by atoms with Crippen LogP contribution in [0.3, 0.4) is 0 Å². The lowest BCUT2D eigenvalue weighted by Crippen LogP contribution is -2.10. The number of hydrogen-bond donors (Lipinski definition) is 0. The highest BCUT2D eigenvalue weighted by atomic mass is 79.9. The van der Waals surface area contributed by atoms with Gasteiger partial charge < -0.3 is 14.2 Å². The van der Waals surface area contributed by atoms with Crippen LogP contribution >= 0.6 is 31.9 Å². The largest absolute Gasteiger partial charge is 0.355 e. The Kier molecular flexibility index (Phi) is 42.8. The van der Waals surface area contributed by atoms with E-state index in [0.717, 1.165) is 36.7 Å². The molecule has 0 aromatic rings. The van der Waals surface area contributed by atoms with Crippen LogP contribution in [0.25, 0.3) is 0 Å². The predicted molar refractivity (Wildman–Crippen MR) is 216 cm³/mol. The summed E-state index contributed by atoms with van der Waals surface area (Å²) in [6.07, 6.45) is 46.8. The van der Waals surface area contributed by atoms with Crippen LogP contribution in [0.5, 0.6) is 0 Å². The van der Waals surface area contributed by atoms with Gasteiger partial charge in [-0.25, -0.2) is 0 Å². The van der Waals surface area contributed by atoms with Crippen molar-refractivity contribution >= 4 is 31.9 Å². The molecule has 0 saturated carbocycles. The van der Waals surface area contributed by atoms with Crippen LogP contribution in [-0.4, -0.2) is 37.5 Å². The van der Waals surface area contributed by atoms with Crippen LogP contribution in [0, 0.1) is 11.8 Å². The van der Waals surface area contributed by atoms with E-state index in [1.165, 1.54) is 167 Å². The fraction of sp³-hybridized carbons (Fsp3) is 0.905. The van der Waals surface area contributed by atoms with Gasteiger partial charge in [0.1, 0.15) is 13.6 Å². The summed E-state index contributed by atoms with van der Waals surface area (Å²) < 4.78 is 17.4. The minimum Gasteiger partial charge on any atom is -0.355 e. The Hall–Kier alpha value is 0.320. The third-order valence-corrected chi connectivity index (χ3v) is 10.4. The summed E-state index contributed by atoms with van der Waals surface area (Å²) in [5.74, 6) is 1.25. The fourth-order valence-electron chi connectivity index (χ4n) is 6.14. The van der Waals surface area contributed by atoms with Crippen molar-refractivity contribution < 1.29 is 14.2 Å². The molecule has 0 bridgehead atoms. The molecular weight excluding hydrogens is 712 g/mol. The topological polar surface area (TPSA) is 27.7 Å². The minimum atomic E-state index is 0.330. The van der Waals surface area contributed by atoms with Gasteiger partial charge in [-0.15, -0.1) is 0 Å². The van der Waals surface area contributed by atoms with Gasteiger partial charge in [0, 0.05) is 23.9 Å². The molecule has 0 heterocycles. The zero-order valence-electron chi connectivity index (χ0n) is 31.5. The summed E-state index contributed by atoms with van der Waals surface area (Å²) in [4.78, 5) is 0. The summed E-state index contributed by atoms with van der Waals surface area (Å²) in [5.41, 5.74) is 0. The third kappa shape index (κ3) is 39.0. The van der Waals surface area contributed by atoms with E-state index < -0.39 is 0 Å². The fourth-order valence-corrected chi connectivity index (χ4v) is 6.93. The molecule has 0 radical (unpaired) electrons. The van der Waals surface area contributed by atoms with Crippen molar-refractivity contribution in [2.75, 3.05) is 37.5 Å². The quantitative estimate of drug-likeness (QED) is 0.0268. The number of unbranched alkanes of at least 4 members (excludes halogenated alkanes) is 20. The van der Waals surface area contributed by atoms with Gasteiger partial charge in [-0.1, -0.05) is 186 Å². The van der Waals surface area contributed by atoms with Gasteiger partial charge in [-0.3, -0.25) is 0 Å². The summed E-state index contributed by atoms with van der Waals surface area (Å²) in [5, 5.41) is 2.27. The van der Waals surface area contributed by atoms with Crippen LogP contribution in [0.2, 0.25) is 0 Å². The molecular formula is C42H80Br2O3. The zero-order chi connectivity index (χ0) is 34.1. The molecule has 0 aliphatic heterocycles. The van der Waals surface area contributed by atoms with Gasteiger partial charge >= 0.3 is 0 Å². The Labute approximate surface area is 311 Å². The average molecular weight is 793 g/mol. The molecule has 0 aliphatic carbocycles. The molecule has 0 rings (SSSR count). The maximum atomic E-state index is 5.88. The Morgan fingerprint density at radius 3 is 1.17 bits per heavy atom. The maximum absolute atomic E-state index is 5.88. The number of halogens is 2. The summed E-state index contributed by atoms with van der Waals surface area (Å²) in [6.45, 7) is 6.76. The molecule has 0 amide bonds. The van der Waals surface area contributed by atoms with Gasteiger partial charge in [0.15, 0.2) is 0 Å². The van der Waals surface area contributed by atoms with Crippen molar-refractivity contribution in [2.24, 2.45) is 11.8 Å². The first-order valence-corrected chi connectivity index (χ1v) is 22.7. The van der Waals surface area contributed by atoms with E-state index in [2.05, 4.69) is 70.0 Å². The van der Waals surface area contributed by atoms with E-state index in [4.69, 9.17) is 14.2 Å². The first-order valence-electron chi connectivity index (χ1n) is 20.5. The smallest absolute Gasteiger partial charge is 0.149 e. The minimum absolute atomic E-state index is 0.330. The van der Waals surface area contributed by atoms with Crippen LogP contribution in [0.15, 0.2) is 24.3 Å². The lowest BCUT2D eigenvalue weighted by Gasteiger charge is -2.14. The molecule has 0 aromatic carbocycles.